The van der Waals surface area contributed by atoms with E-state index < -0.39 is 0 Å². The summed E-state index contributed by atoms with van der Waals surface area (Å²) in [5.74, 6) is 0.256. The van der Waals surface area contributed by atoms with Crippen LogP contribution in [0.25, 0.3) is 11.1 Å². The molecular formula is C20H23NO. The Bertz CT molecular complexity index is 712. The summed E-state index contributed by atoms with van der Waals surface area (Å²) in [6, 6.07) is 13.4. The topological polar surface area (TPSA) is 20.3 Å². The third kappa shape index (κ3) is 2.84. The average Bonchev–Trinajstić information content (AvgIpc) is 2.44. The normalized spacial score (nSPS) is 18.1. The Hall–Kier alpha value is -1.93. The third-order valence-electron chi connectivity index (χ3n) is 4.60. The maximum absolute atomic E-state index is 11.7. The molecule has 0 unspecified atom stereocenters. The first-order valence-electron chi connectivity index (χ1n) is 7.85. The van der Waals surface area contributed by atoms with Crippen LogP contribution in [-0.2, 0) is 17.8 Å². The minimum atomic E-state index is 0.0274. The number of benzene rings is 2. The molecule has 114 valence electrons. The molecule has 0 saturated carbocycles. The van der Waals surface area contributed by atoms with Crippen LogP contribution in [0.2, 0.25) is 0 Å². The van der Waals surface area contributed by atoms with Gasteiger partial charge in [0.05, 0.1) is 6.04 Å². The summed E-state index contributed by atoms with van der Waals surface area (Å²) < 4.78 is 0. The molecular weight excluding hydrogens is 270 g/mol. The summed E-state index contributed by atoms with van der Waals surface area (Å²) in [5, 5.41) is 0. The van der Waals surface area contributed by atoms with E-state index in [1.165, 1.54) is 33.4 Å². The Labute approximate surface area is 132 Å². The zero-order valence-electron chi connectivity index (χ0n) is 13.8. The van der Waals surface area contributed by atoms with E-state index in [9.17, 15) is 4.79 Å². The highest BCUT2D eigenvalue weighted by Crippen LogP contribution is 2.29. The van der Waals surface area contributed by atoms with E-state index in [0.717, 1.165) is 13.0 Å². The lowest BCUT2D eigenvalue weighted by Gasteiger charge is -2.32. The van der Waals surface area contributed by atoms with Gasteiger partial charge in [-0.15, -0.1) is 0 Å². The lowest BCUT2D eigenvalue weighted by atomic mass is 9.89. The first-order chi connectivity index (χ1) is 10.4. The van der Waals surface area contributed by atoms with Gasteiger partial charge in [-0.05, 0) is 62.6 Å². The SMILES string of the molecule is CC(=O)[C@@H]1Cc2ccc(-c3cc(C)cc(C)c3)cc2CN1C. The number of carbonyl (C=O) groups excluding carboxylic acids is 1. The summed E-state index contributed by atoms with van der Waals surface area (Å²) >= 11 is 0. The van der Waals surface area contributed by atoms with Gasteiger partial charge < -0.3 is 0 Å². The van der Waals surface area contributed by atoms with Gasteiger partial charge in [0, 0.05) is 6.54 Å². The van der Waals surface area contributed by atoms with Gasteiger partial charge in [0.25, 0.3) is 0 Å². The lowest BCUT2D eigenvalue weighted by molar-refractivity contribution is -0.122. The molecule has 0 spiro atoms. The maximum atomic E-state index is 11.7. The largest absolute Gasteiger partial charge is 0.298 e. The number of likely N-dealkylation sites (N-methyl/N-ethyl adjacent to an activating group) is 1. The number of nitrogens with zero attached hydrogens (tertiary/aromatic N) is 1. The second-order valence-electron chi connectivity index (χ2n) is 6.61. The molecule has 0 radical (unpaired) electrons. The Morgan fingerprint density at radius 3 is 2.32 bits per heavy atom. The number of hydrogen-bond donors (Lipinski definition) is 0. The van der Waals surface area contributed by atoms with Crippen molar-refractivity contribution in [2.75, 3.05) is 7.05 Å². The van der Waals surface area contributed by atoms with Crippen LogP contribution in [0.15, 0.2) is 36.4 Å². The standard InChI is InChI=1S/C20H23NO/c1-13-7-14(2)9-18(8-13)16-5-6-17-11-20(15(3)22)21(4)12-19(17)10-16/h5-10,20H,11-12H2,1-4H3/t20-/m0/s1. The zero-order valence-corrected chi connectivity index (χ0v) is 13.8. The van der Waals surface area contributed by atoms with E-state index in [-0.39, 0.29) is 11.8 Å². The van der Waals surface area contributed by atoms with Crippen molar-refractivity contribution in [1.29, 1.82) is 0 Å². The second-order valence-corrected chi connectivity index (χ2v) is 6.61. The zero-order chi connectivity index (χ0) is 15.9. The maximum Gasteiger partial charge on any atom is 0.147 e. The Kier molecular flexibility index (Phi) is 3.88. The first kappa shape index (κ1) is 15.0. The summed E-state index contributed by atoms with van der Waals surface area (Å²) in [5.41, 5.74) is 7.78. The molecule has 0 N–H and O–H groups in total. The Morgan fingerprint density at radius 1 is 1.00 bits per heavy atom. The summed E-state index contributed by atoms with van der Waals surface area (Å²) in [7, 11) is 2.04. The van der Waals surface area contributed by atoms with E-state index in [0.29, 0.717) is 0 Å². The van der Waals surface area contributed by atoms with Crippen LogP contribution in [-0.4, -0.2) is 23.8 Å². The predicted molar refractivity (Wildman–Crippen MR) is 91.0 cm³/mol. The van der Waals surface area contributed by atoms with Crippen LogP contribution >= 0.6 is 0 Å². The molecule has 0 aromatic heterocycles. The van der Waals surface area contributed by atoms with E-state index in [4.69, 9.17) is 0 Å². The lowest BCUT2D eigenvalue weighted by Crippen LogP contribution is -2.42. The minimum Gasteiger partial charge on any atom is -0.298 e. The molecule has 0 aliphatic carbocycles. The average molecular weight is 293 g/mol. The van der Waals surface area contributed by atoms with E-state index in [1.54, 1.807) is 6.92 Å². The highest BCUT2D eigenvalue weighted by Gasteiger charge is 2.26. The molecule has 3 rings (SSSR count). The monoisotopic (exact) mass is 293 g/mol. The van der Waals surface area contributed by atoms with Gasteiger partial charge in [0.2, 0.25) is 0 Å². The van der Waals surface area contributed by atoms with Crippen molar-refractivity contribution in [1.82, 2.24) is 4.90 Å². The molecule has 0 saturated heterocycles. The van der Waals surface area contributed by atoms with Gasteiger partial charge in [0.15, 0.2) is 0 Å². The number of rotatable bonds is 2. The van der Waals surface area contributed by atoms with E-state index >= 15 is 0 Å². The van der Waals surface area contributed by atoms with Gasteiger partial charge >= 0.3 is 0 Å². The smallest absolute Gasteiger partial charge is 0.147 e. The molecule has 2 aromatic rings. The predicted octanol–water partition coefficient (Wildman–Crippen LogP) is 3.92. The fraction of sp³-hybridized carbons (Fsp3) is 0.350. The van der Waals surface area contributed by atoms with Gasteiger partial charge in [0.1, 0.15) is 5.78 Å². The second kappa shape index (κ2) is 5.69. The van der Waals surface area contributed by atoms with Crippen LogP contribution in [0.3, 0.4) is 0 Å². The Morgan fingerprint density at radius 2 is 1.68 bits per heavy atom. The highest BCUT2D eigenvalue weighted by atomic mass is 16.1. The van der Waals surface area contributed by atoms with Gasteiger partial charge in [-0.25, -0.2) is 0 Å². The molecule has 2 aromatic carbocycles. The molecule has 1 heterocycles. The highest BCUT2D eigenvalue weighted by molar-refractivity contribution is 5.82. The number of Topliss-reactive ketones (excluding diaryl/α,β-unsaturated/α-hetero) is 1. The van der Waals surface area contributed by atoms with Crippen molar-refractivity contribution < 1.29 is 4.79 Å². The summed E-state index contributed by atoms with van der Waals surface area (Å²) in [6.07, 6.45) is 0.828. The van der Waals surface area contributed by atoms with Crippen LogP contribution in [0, 0.1) is 13.8 Å². The van der Waals surface area contributed by atoms with Gasteiger partial charge in [-0.1, -0.05) is 41.5 Å². The van der Waals surface area contributed by atoms with Gasteiger partial charge in [-0.2, -0.15) is 0 Å². The van der Waals surface area contributed by atoms with Crippen molar-refractivity contribution in [3.63, 3.8) is 0 Å². The number of hydrogen-bond acceptors (Lipinski definition) is 2. The summed E-state index contributed by atoms with van der Waals surface area (Å²) in [4.78, 5) is 13.9. The number of ketones is 1. The number of aryl methyl sites for hydroxylation is 2. The first-order valence-corrected chi connectivity index (χ1v) is 7.85. The van der Waals surface area contributed by atoms with E-state index in [1.807, 2.05) is 7.05 Å². The molecule has 1 aliphatic heterocycles. The molecule has 1 atom stereocenters. The van der Waals surface area contributed by atoms with Crippen LogP contribution in [0.1, 0.15) is 29.2 Å². The fourth-order valence-electron chi connectivity index (χ4n) is 3.49. The quantitative estimate of drug-likeness (QED) is 0.836. The van der Waals surface area contributed by atoms with Crippen molar-refractivity contribution >= 4 is 5.78 Å². The molecule has 0 fully saturated rings. The van der Waals surface area contributed by atoms with Crippen molar-refractivity contribution in [3.8, 4) is 11.1 Å². The van der Waals surface area contributed by atoms with Crippen LogP contribution < -0.4 is 0 Å². The minimum absolute atomic E-state index is 0.0274. The van der Waals surface area contributed by atoms with Crippen LogP contribution in [0.4, 0.5) is 0 Å². The third-order valence-corrected chi connectivity index (χ3v) is 4.60. The fourth-order valence-corrected chi connectivity index (χ4v) is 3.49. The van der Waals surface area contributed by atoms with Crippen molar-refractivity contribution in [2.45, 2.75) is 39.8 Å². The van der Waals surface area contributed by atoms with Crippen LogP contribution in [0.5, 0.6) is 0 Å². The number of fused-ring (bicyclic) bond motifs is 1. The molecule has 22 heavy (non-hydrogen) atoms. The van der Waals surface area contributed by atoms with Gasteiger partial charge in [-0.3, -0.25) is 9.69 Å². The molecule has 0 amide bonds. The molecule has 2 nitrogen and oxygen atoms in total. The van der Waals surface area contributed by atoms with E-state index in [2.05, 4.69) is 55.1 Å². The number of carbonyl (C=O) groups is 1. The Balaban J connectivity index is 1.98. The summed E-state index contributed by atoms with van der Waals surface area (Å²) in [6.45, 7) is 6.81. The molecule has 0 bridgehead atoms. The van der Waals surface area contributed by atoms with Crippen molar-refractivity contribution in [3.05, 3.63) is 58.7 Å². The molecule has 2 heteroatoms. The molecule has 1 aliphatic rings. The van der Waals surface area contributed by atoms with Crippen molar-refractivity contribution in [2.24, 2.45) is 0 Å².